The van der Waals surface area contributed by atoms with Crippen LogP contribution in [-0.4, -0.2) is 9.97 Å². The van der Waals surface area contributed by atoms with Gasteiger partial charge in [0.2, 0.25) is 5.82 Å². The van der Waals surface area contributed by atoms with Gasteiger partial charge >= 0.3 is 0 Å². The summed E-state index contributed by atoms with van der Waals surface area (Å²) in [5.74, 6) is 18.6. The van der Waals surface area contributed by atoms with Crippen molar-refractivity contribution in [2.45, 2.75) is 0 Å². The van der Waals surface area contributed by atoms with Crippen molar-refractivity contribution >= 4 is 11.6 Å². The lowest BCUT2D eigenvalue weighted by atomic mass is 10.2. The third-order valence-electron chi connectivity index (χ3n) is 4.14. The lowest BCUT2D eigenvalue weighted by Crippen LogP contribution is -1.99. The average Bonchev–Trinajstić information content (AvgIpc) is 2.83. The van der Waals surface area contributed by atoms with Gasteiger partial charge in [-0.1, -0.05) is 84.0 Å². The summed E-state index contributed by atoms with van der Waals surface area (Å²) in [6.45, 7) is 0. The van der Waals surface area contributed by atoms with Crippen LogP contribution in [0.4, 0.5) is 0 Å². The molecule has 3 aromatic carbocycles. The molecule has 0 atom stereocenters. The average molecular weight is 415 g/mol. The largest absolute Gasteiger partial charge is 0.210 e. The molecule has 2 nitrogen and oxygen atoms in total. The van der Waals surface area contributed by atoms with Crippen LogP contribution < -0.4 is 0 Å². The number of benzene rings is 3. The minimum Gasteiger partial charge on any atom is -0.210 e. The fourth-order valence-corrected chi connectivity index (χ4v) is 2.80. The Balaban J connectivity index is 1.78. The first-order valence-corrected chi connectivity index (χ1v) is 9.94. The van der Waals surface area contributed by atoms with Crippen LogP contribution in [-0.2, 0) is 0 Å². The Morgan fingerprint density at radius 2 is 0.806 bits per heavy atom. The van der Waals surface area contributed by atoms with Crippen LogP contribution in [0, 0.1) is 35.5 Å². The van der Waals surface area contributed by atoms with Crippen molar-refractivity contribution < 1.29 is 0 Å². The second-order valence-corrected chi connectivity index (χ2v) is 6.78. The number of rotatable bonds is 0. The van der Waals surface area contributed by atoms with E-state index in [4.69, 9.17) is 11.6 Å². The summed E-state index contributed by atoms with van der Waals surface area (Å²) in [6, 6.07) is 29.0. The molecule has 0 radical (unpaired) electrons. The molecule has 0 aliphatic heterocycles. The van der Waals surface area contributed by atoms with Crippen LogP contribution in [0.15, 0.2) is 91.0 Å². The summed E-state index contributed by atoms with van der Waals surface area (Å²) in [6.07, 6.45) is 0. The lowest BCUT2D eigenvalue weighted by Gasteiger charge is -2.00. The molecule has 1 aromatic heterocycles. The van der Waals surface area contributed by atoms with E-state index in [0.717, 1.165) is 16.7 Å². The Morgan fingerprint density at radius 1 is 0.452 bits per heavy atom. The van der Waals surface area contributed by atoms with Crippen molar-refractivity contribution in [1.29, 1.82) is 0 Å². The molecule has 0 saturated carbocycles. The maximum absolute atomic E-state index is 6.55. The first-order chi connectivity index (χ1) is 15.3. The summed E-state index contributed by atoms with van der Waals surface area (Å²) in [5.41, 5.74) is 3.40. The van der Waals surface area contributed by atoms with Gasteiger partial charge in [-0.2, -0.15) is 0 Å². The minimum absolute atomic E-state index is 0.317. The van der Waals surface area contributed by atoms with E-state index in [2.05, 4.69) is 45.5 Å². The zero-order chi connectivity index (χ0) is 21.3. The highest BCUT2D eigenvalue weighted by Crippen LogP contribution is 2.17. The van der Waals surface area contributed by atoms with Crippen molar-refractivity contribution in [2.24, 2.45) is 0 Å². The maximum Gasteiger partial charge on any atom is 0.207 e. The van der Waals surface area contributed by atoms with E-state index < -0.39 is 0 Å². The van der Waals surface area contributed by atoms with E-state index in [-0.39, 0.29) is 0 Å². The van der Waals surface area contributed by atoms with Gasteiger partial charge in [0.25, 0.3) is 0 Å². The molecule has 0 bridgehead atoms. The molecular weight excluding hydrogens is 400 g/mol. The molecule has 0 N–H and O–H groups in total. The summed E-state index contributed by atoms with van der Waals surface area (Å²) < 4.78 is 0. The molecule has 3 heteroatoms. The SMILES string of the molecule is Clc1c(C#Cc2ccccc2)nc(C#Cc2ccccc2)nc1C#Cc1ccccc1. The minimum atomic E-state index is 0.317. The Bertz CT molecular complexity index is 1300. The topological polar surface area (TPSA) is 25.8 Å². The van der Waals surface area contributed by atoms with Crippen LogP contribution in [0.1, 0.15) is 33.9 Å². The first kappa shape index (κ1) is 20.0. The van der Waals surface area contributed by atoms with Crippen LogP contribution in [0.5, 0.6) is 0 Å². The van der Waals surface area contributed by atoms with E-state index in [1.807, 2.05) is 91.0 Å². The van der Waals surface area contributed by atoms with Crippen LogP contribution in [0.3, 0.4) is 0 Å². The number of hydrogen-bond acceptors (Lipinski definition) is 2. The van der Waals surface area contributed by atoms with E-state index in [1.54, 1.807) is 0 Å². The highest BCUT2D eigenvalue weighted by atomic mass is 35.5. The van der Waals surface area contributed by atoms with Gasteiger partial charge in [0, 0.05) is 16.7 Å². The first-order valence-electron chi connectivity index (χ1n) is 9.57. The summed E-state index contributed by atoms with van der Waals surface area (Å²) in [7, 11) is 0. The van der Waals surface area contributed by atoms with Crippen LogP contribution >= 0.6 is 11.6 Å². The van der Waals surface area contributed by atoms with E-state index in [9.17, 15) is 0 Å². The molecule has 144 valence electrons. The lowest BCUT2D eigenvalue weighted by molar-refractivity contribution is 1.09. The summed E-state index contributed by atoms with van der Waals surface area (Å²) in [4.78, 5) is 8.92. The fourth-order valence-electron chi connectivity index (χ4n) is 2.62. The van der Waals surface area contributed by atoms with Crippen molar-refractivity contribution in [2.75, 3.05) is 0 Å². The Hall–Kier alpha value is -4.29. The van der Waals surface area contributed by atoms with Crippen molar-refractivity contribution in [3.05, 3.63) is 130 Å². The third-order valence-corrected chi connectivity index (χ3v) is 4.50. The number of nitrogens with zero attached hydrogens (tertiary/aromatic N) is 2. The fraction of sp³-hybridized carbons (Fsp3) is 0. The molecule has 4 rings (SSSR count). The normalized spacial score (nSPS) is 9.32. The second-order valence-electron chi connectivity index (χ2n) is 6.41. The highest BCUT2D eigenvalue weighted by molar-refractivity contribution is 6.32. The van der Waals surface area contributed by atoms with Crippen LogP contribution in [0.25, 0.3) is 0 Å². The molecule has 0 fully saturated rings. The van der Waals surface area contributed by atoms with Gasteiger partial charge < -0.3 is 0 Å². The van der Waals surface area contributed by atoms with Crippen molar-refractivity contribution in [3.63, 3.8) is 0 Å². The molecular formula is C28H15ClN2. The zero-order valence-electron chi connectivity index (χ0n) is 16.4. The van der Waals surface area contributed by atoms with Crippen molar-refractivity contribution in [3.8, 4) is 35.5 Å². The smallest absolute Gasteiger partial charge is 0.207 e. The Labute approximate surface area is 187 Å². The van der Waals surface area contributed by atoms with Gasteiger partial charge in [-0.25, -0.2) is 9.97 Å². The standard InChI is InChI=1S/C28H15ClN2/c29-28-25(19-16-22-10-4-1-5-11-22)30-27(21-18-24-14-8-3-9-15-24)31-26(28)20-17-23-12-6-2-7-13-23/h1-15H. The highest BCUT2D eigenvalue weighted by Gasteiger charge is 2.09. The van der Waals surface area contributed by atoms with Gasteiger partial charge in [0.05, 0.1) is 0 Å². The maximum atomic E-state index is 6.55. The monoisotopic (exact) mass is 414 g/mol. The second kappa shape index (κ2) is 9.96. The molecule has 0 aliphatic rings. The third kappa shape index (κ3) is 5.62. The molecule has 0 spiro atoms. The number of halogens is 1. The molecule has 31 heavy (non-hydrogen) atoms. The molecule has 0 saturated heterocycles. The van der Waals surface area contributed by atoms with Gasteiger partial charge in [0.1, 0.15) is 16.4 Å². The van der Waals surface area contributed by atoms with E-state index in [1.165, 1.54) is 0 Å². The number of hydrogen-bond donors (Lipinski definition) is 0. The predicted octanol–water partition coefficient (Wildman–Crippen LogP) is 5.33. The summed E-state index contributed by atoms with van der Waals surface area (Å²) >= 11 is 6.55. The van der Waals surface area contributed by atoms with E-state index >= 15 is 0 Å². The molecule has 0 unspecified atom stereocenters. The van der Waals surface area contributed by atoms with Gasteiger partial charge in [0.15, 0.2) is 0 Å². The molecule has 4 aromatic rings. The summed E-state index contributed by atoms with van der Waals surface area (Å²) in [5, 5.41) is 0.317. The molecule has 0 aliphatic carbocycles. The van der Waals surface area contributed by atoms with Crippen molar-refractivity contribution in [1.82, 2.24) is 9.97 Å². The predicted molar refractivity (Wildman–Crippen MR) is 124 cm³/mol. The Kier molecular flexibility index (Phi) is 6.42. The molecule has 0 amide bonds. The van der Waals surface area contributed by atoms with E-state index in [0.29, 0.717) is 22.2 Å². The molecule has 1 heterocycles. The zero-order valence-corrected chi connectivity index (χ0v) is 17.2. The quantitative estimate of drug-likeness (QED) is 0.363. The van der Waals surface area contributed by atoms with Gasteiger partial charge in [-0.15, -0.1) is 0 Å². The van der Waals surface area contributed by atoms with Crippen LogP contribution in [0.2, 0.25) is 5.02 Å². The van der Waals surface area contributed by atoms with Gasteiger partial charge in [-0.3, -0.25) is 0 Å². The Morgan fingerprint density at radius 3 is 1.19 bits per heavy atom. The number of aromatic nitrogens is 2. The van der Waals surface area contributed by atoms with Gasteiger partial charge in [-0.05, 0) is 54.2 Å².